The molecule has 15 heavy (non-hydrogen) atoms. The van der Waals surface area contributed by atoms with Gasteiger partial charge in [0.1, 0.15) is 12.1 Å². The van der Waals surface area contributed by atoms with Crippen LogP contribution in [0.15, 0.2) is 41.2 Å². The van der Waals surface area contributed by atoms with Gasteiger partial charge in [0, 0.05) is 5.56 Å². The third-order valence-corrected chi connectivity index (χ3v) is 2.25. The lowest BCUT2D eigenvalue weighted by atomic mass is 10.1. The fourth-order valence-electron chi connectivity index (χ4n) is 1.20. The minimum atomic E-state index is -0.541. The van der Waals surface area contributed by atoms with Crippen LogP contribution in [-0.4, -0.2) is 5.78 Å². The van der Waals surface area contributed by atoms with Gasteiger partial charge >= 0.3 is 0 Å². The molecule has 0 saturated carbocycles. The summed E-state index contributed by atoms with van der Waals surface area (Å²) in [4.78, 5) is 11.7. The average molecular weight is 225 g/mol. The molecular weight excluding hydrogens is 219 g/mol. The molecule has 2 nitrogen and oxygen atoms in total. The Labute approximate surface area is 90.3 Å². The van der Waals surface area contributed by atoms with Crippen LogP contribution >= 0.6 is 11.6 Å². The fourth-order valence-corrected chi connectivity index (χ4v) is 1.38. The number of carbonyl (C=O) groups is 1. The van der Waals surface area contributed by atoms with Crippen molar-refractivity contribution in [1.29, 1.82) is 0 Å². The van der Waals surface area contributed by atoms with Gasteiger partial charge in [-0.2, -0.15) is 0 Å². The standard InChI is InChI=1S/C11H6ClFO2/c12-9-5-7(1-2-10(9)13)11(14)8-3-4-15-6-8/h1-6H. The maximum Gasteiger partial charge on any atom is 0.196 e. The van der Waals surface area contributed by atoms with Crippen LogP contribution in [0.2, 0.25) is 5.02 Å². The lowest BCUT2D eigenvalue weighted by Gasteiger charge is -1.99. The van der Waals surface area contributed by atoms with Crippen LogP contribution in [0.25, 0.3) is 0 Å². The molecule has 76 valence electrons. The maximum absolute atomic E-state index is 12.8. The van der Waals surface area contributed by atoms with Gasteiger partial charge in [0.15, 0.2) is 5.78 Å². The minimum absolute atomic E-state index is 0.0654. The summed E-state index contributed by atoms with van der Waals surface area (Å²) in [5.41, 5.74) is 0.750. The third-order valence-electron chi connectivity index (χ3n) is 1.97. The molecule has 4 heteroatoms. The molecule has 0 aliphatic carbocycles. The van der Waals surface area contributed by atoms with Crippen molar-refractivity contribution in [3.63, 3.8) is 0 Å². The molecule has 0 amide bonds. The molecule has 2 rings (SSSR count). The van der Waals surface area contributed by atoms with Crippen LogP contribution in [0.4, 0.5) is 4.39 Å². The summed E-state index contributed by atoms with van der Waals surface area (Å²) in [6, 6.07) is 5.39. The van der Waals surface area contributed by atoms with E-state index in [2.05, 4.69) is 0 Å². The van der Waals surface area contributed by atoms with E-state index in [4.69, 9.17) is 16.0 Å². The Kier molecular flexibility index (Phi) is 2.56. The van der Waals surface area contributed by atoms with Gasteiger partial charge < -0.3 is 4.42 Å². The molecule has 0 aliphatic rings. The molecule has 0 spiro atoms. The van der Waals surface area contributed by atoms with Crippen LogP contribution in [0.3, 0.4) is 0 Å². The van der Waals surface area contributed by atoms with Crippen LogP contribution in [0.5, 0.6) is 0 Å². The summed E-state index contributed by atoms with van der Waals surface area (Å²) in [7, 11) is 0. The highest BCUT2D eigenvalue weighted by molar-refractivity contribution is 6.31. The van der Waals surface area contributed by atoms with E-state index in [-0.39, 0.29) is 10.8 Å². The Morgan fingerprint density at radius 2 is 2.07 bits per heavy atom. The minimum Gasteiger partial charge on any atom is -0.472 e. The van der Waals surface area contributed by atoms with Crippen molar-refractivity contribution in [2.24, 2.45) is 0 Å². The van der Waals surface area contributed by atoms with E-state index >= 15 is 0 Å². The molecule has 0 atom stereocenters. The van der Waals surface area contributed by atoms with Crippen molar-refractivity contribution >= 4 is 17.4 Å². The summed E-state index contributed by atoms with van der Waals surface area (Å²) in [5.74, 6) is -0.786. The maximum atomic E-state index is 12.8. The van der Waals surface area contributed by atoms with Crippen LogP contribution < -0.4 is 0 Å². The van der Waals surface area contributed by atoms with Gasteiger partial charge in [-0.1, -0.05) is 11.6 Å². The van der Waals surface area contributed by atoms with E-state index < -0.39 is 5.82 Å². The monoisotopic (exact) mass is 224 g/mol. The SMILES string of the molecule is O=C(c1ccoc1)c1ccc(F)c(Cl)c1. The zero-order chi connectivity index (χ0) is 10.8. The molecular formula is C11H6ClFO2. The zero-order valence-electron chi connectivity index (χ0n) is 7.54. The quantitative estimate of drug-likeness (QED) is 0.733. The summed E-state index contributed by atoms with van der Waals surface area (Å²) in [6.07, 6.45) is 2.73. The normalized spacial score (nSPS) is 10.3. The molecule has 0 fully saturated rings. The van der Waals surface area contributed by atoms with Gasteiger partial charge in [-0.25, -0.2) is 4.39 Å². The lowest BCUT2D eigenvalue weighted by Crippen LogP contribution is -1.99. The molecule has 1 aromatic heterocycles. The molecule has 0 saturated heterocycles. The van der Waals surface area contributed by atoms with Crippen LogP contribution in [0, 0.1) is 5.82 Å². The predicted octanol–water partition coefficient (Wildman–Crippen LogP) is 3.30. The third kappa shape index (κ3) is 1.92. The molecule has 1 heterocycles. The van der Waals surface area contributed by atoms with Gasteiger partial charge in [-0.3, -0.25) is 4.79 Å². The number of ketones is 1. The number of hydrogen-bond donors (Lipinski definition) is 0. The molecule has 0 N–H and O–H groups in total. The molecule has 0 unspecified atom stereocenters. The van der Waals surface area contributed by atoms with Gasteiger partial charge in [-0.05, 0) is 24.3 Å². The first kappa shape index (κ1) is 9.93. The Morgan fingerprint density at radius 1 is 1.27 bits per heavy atom. The second-order valence-corrected chi connectivity index (χ2v) is 3.38. The molecule has 0 radical (unpaired) electrons. The molecule has 2 aromatic rings. The Hall–Kier alpha value is -1.61. The Morgan fingerprint density at radius 3 is 2.67 bits per heavy atom. The van der Waals surface area contributed by atoms with Crippen molar-refractivity contribution < 1.29 is 13.6 Å². The zero-order valence-corrected chi connectivity index (χ0v) is 8.29. The van der Waals surface area contributed by atoms with E-state index in [0.717, 1.165) is 6.07 Å². The predicted molar refractivity (Wildman–Crippen MR) is 53.6 cm³/mol. The summed E-state index contributed by atoms with van der Waals surface area (Å²) < 4.78 is 17.6. The highest BCUT2D eigenvalue weighted by Crippen LogP contribution is 2.18. The Bertz CT molecular complexity index is 491. The van der Waals surface area contributed by atoms with E-state index in [1.807, 2.05) is 0 Å². The summed E-state index contributed by atoms with van der Waals surface area (Å²) >= 11 is 5.57. The molecule has 1 aromatic carbocycles. The van der Waals surface area contributed by atoms with Crippen molar-refractivity contribution in [2.75, 3.05) is 0 Å². The number of rotatable bonds is 2. The van der Waals surface area contributed by atoms with Gasteiger partial charge in [0.2, 0.25) is 0 Å². The average Bonchev–Trinajstić information content (AvgIpc) is 2.74. The van der Waals surface area contributed by atoms with Crippen molar-refractivity contribution in [2.45, 2.75) is 0 Å². The van der Waals surface area contributed by atoms with Gasteiger partial charge in [-0.15, -0.1) is 0 Å². The molecule has 0 aliphatic heterocycles. The second-order valence-electron chi connectivity index (χ2n) is 2.97. The van der Waals surface area contributed by atoms with Crippen molar-refractivity contribution in [3.8, 4) is 0 Å². The van der Waals surface area contributed by atoms with E-state index in [0.29, 0.717) is 11.1 Å². The number of carbonyl (C=O) groups excluding carboxylic acids is 1. The second kappa shape index (κ2) is 3.87. The topological polar surface area (TPSA) is 30.2 Å². The first-order valence-corrected chi connectivity index (χ1v) is 4.58. The van der Waals surface area contributed by atoms with Crippen LogP contribution in [-0.2, 0) is 0 Å². The van der Waals surface area contributed by atoms with E-state index in [1.54, 1.807) is 6.07 Å². The van der Waals surface area contributed by atoms with Crippen molar-refractivity contribution in [1.82, 2.24) is 0 Å². The largest absolute Gasteiger partial charge is 0.472 e. The summed E-state index contributed by atoms with van der Waals surface area (Å²) in [5, 5.41) is -0.0654. The first-order valence-electron chi connectivity index (χ1n) is 4.20. The fraction of sp³-hybridized carbons (Fsp3) is 0. The Balaban J connectivity index is 2.39. The van der Waals surface area contributed by atoms with Crippen LogP contribution in [0.1, 0.15) is 15.9 Å². The lowest BCUT2D eigenvalue weighted by molar-refractivity contribution is 0.103. The number of benzene rings is 1. The van der Waals surface area contributed by atoms with Gasteiger partial charge in [0.05, 0.1) is 16.8 Å². The summed E-state index contributed by atoms with van der Waals surface area (Å²) in [6.45, 7) is 0. The first-order chi connectivity index (χ1) is 7.18. The van der Waals surface area contributed by atoms with E-state index in [9.17, 15) is 9.18 Å². The number of hydrogen-bond acceptors (Lipinski definition) is 2. The highest BCUT2D eigenvalue weighted by atomic mass is 35.5. The highest BCUT2D eigenvalue weighted by Gasteiger charge is 2.11. The van der Waals surface area contributed by atoms with Crippen molar-refractivity contribution in [3.05, 3.63) is 58.8 Å². The number of furan rings is 1. The number of halogens is 2. The van der Waals surface area contributed by atoms with E-state index in [1.165, 1.54) is 24.7 Å². The smallest absolute Gasteiger partial charge is 0.196 e. The molecule has 0 bridgehead atoms. The van der Waals surface area contributed by atoms with Gasteiger partial charge in [0.25, 0.3) is 0 Å².